The van der Waals surface area contributed by atoms with Gasteiger partial charge in [0.25, 0.3) is 0 Å². The molecular weight excluding hydrogens is 519 g/mol. The number of oxazole rings is 1. The van der Waals surface area contributed by atoms with E-state index in [1.165, 1.54) is 12.1 Å². The number of nitriles is 1. The topological polar surface area (TPSA) is 116 Å². The van der Waals surface area contributed by atoms with Crippen LogP contribution in [0.25, 0.3) is 22.7 Å². The third-order valence-electron chi connectivity index (χ3n) is 7.59. The Labute approximate surface area is 227 Å². The summed E-state index contributed by atoms with van der Waals surface area (Å²) in [4.78, 5) is 20.0. The third-order valence-corrected chi connectivity index (χ3v) is 9.20. The van der Waals surface area contributed by atoms with E-state index in [0.29, 0.717) is 42.4 Å². The van der Waals surface area contributed by atoms with Gasteiger partial charge in [0, 0.05) is 41.7 Å². The van der Waals surface area contributed by atoms with E-state index in [1.807, 2.05) is 24.3 Å². The SMILES string of the molecule is CC(C#N)NC(=O)[C@@H]1CCCC[C@H]1c1oc(-c2ccc(F)cc2)nc1-c1ccc(N2CCS(=O)(=O)CC2)cc1. The van der Waals surface area contributed by atoms with Crippen LogP contribution in [0.5, 0.6) is 0 Å². The molecule has 3 aromatic rings. The van der Waals surface area contributed by atoms with Crippen molar-refractivity contribution in [3.63, 3.8) is 0 Å². The molecule has 1 N–H and O–H groups in total. The molecule has 1 saturated heterocycles. The number of benzene rings is 2. The van der Waals surface area contributed by atoms with Crippen LogP contribution in [-0.4, -0.2) is 49.9 Å². The Morgan fingerprint density at radius 1 is 1.08 bits per heavy atom. The largest absolute Gasteiger partial charge is 0.440 e. The van der Waals surface area contributed by atoms with Crippen LogP contribution in [0, 0.1) is 23.1 Å². The molecular formula is C29H31FN4O4S. The molecule has 2 fully saturated rings. The Bertz CT molecular complexity index is 1460. The van der Waals surface area contributed by atoms with E-state index < -0.39 is 15.9 Å². The highest BCUT2D eigenvalue weighted by atomic mass is 32.2. The van der Waals surface area contributed by atoms with Crippen molar-refractivity contribution in [2.75, 3.05) is 29.5 Å². The van der Waals surface area contributed by atoms with Crippen molar-refractivity contribution in [3.05, 3.63) is 60.1 Å². The lowest BCUT2D eigenvalue weighted by Crippen LogP contribution is -2.40. The van der Waals surface area contributed by atoms with Gasteiger partial charge in [-0.05, 0) is 56.2 Å². The first kappa shape index (κ1) is 26.9. The van der Waals surface area contributed by atoms with E-state index in [1.54, 1.807) is 19.1 Å². The molecule has 2 heterocycles. The Hall–Kier alpha value is -3.71. The molecule has 2 aliphatic rings. The molecule has 8 nitrogen and oxygen atoms in total. The predicted molar refractivity (Wildman–Crippen MR) is 146 cm³/mol. The zero-order valence-electron chi connectivity index (χ0n) is 21.8. The number of carbonyl (C=O) groups is 1. The number of halogens is 1. The van der Waals surface area contributed by atoms with Gasteiger partial charge in [0.2, 0.25) is 11.8 Å². The van der Waals surface area contributed by atoms with Gasteiger partial charge in [0.05, 0.1) is 17.6 Å². The number of amides is 1. The maximum atomic E-state index is 13.6. The highest BCUT2D eigenvalue weighted by Gasteiger charge is 2.37. The minimum atomic E-state index is -2.98. The van der Waals surface area contributed by atoms with Gasteiger partial charge >= 0.3 is 0 Å². The summed E-state index contributed by atoms with van der Waals surface area (Å²) < 4.78 is 43.6. The van der Waals surface area contributed by atoms with Crippen molar-refractivity contribution in [2.24, 2.45) is 5.92 Å². The van der Waals surface area contributed by atoms with Crippen molar-refractivity contribution in [1.82, 2.24) is 10.3 Å². The molecule has 39 heavy (non-hydrogen) atoms. The van der Waals surface area contributed by atoms with Gasteiger partial charge in [-0.1, -0.05) is 25.0 Å². The Morgan fingerprint density at radius 2 is 1.72 bits per heavy atom. The summed E-state index contributed by atoms with van der Waals surface area (Å²) in [5.74, 6) is 0.107. The molecule has 1 aliphatic carbocycles. The Balaban J connectivity index is 1.51. The number of hydrogen-bond acceptors (Lipinski definition) is 7. The second-order valence-corrected chi connectivity index (χ2v) is 12.6. The number of aromatic nitrogens is 1. The van der Waals surface area contributed by atoms with E-state index >= 15 is 0 Å². The molecule has 204 valence electrons. The van der Waals surface area contributed by atoms with Crippen LogP contribution in [0.2, 0.25) is 0 Å². The van der Waals surface area contributed by atoms with Crippen LogP contribution < -0.4 is 10.2 Å². The number of rotatable bonds is 6. The Morgan fingerprint density at radius 3 is 2.38 bits per heavy atom. The summed E-state index contributed by atoms with van der Waals surface area (Å²) in [6, 6.07) is 15.2. The van der Waals surface area contributed by atoms with Crippen LogP contribution >= 0.6 is 0 Å². The monoisotopic (exact) mass is 550 g/mol. The van der Waals surface area contributed by atoms with Gasteiger partial charge in [-0.25, -0.2) is 17.8 Å². The molecule has 3 atom stereocenters. The first-order chi connectivity index (χ1) is 18.7. The molecule has 1 amide bonds. The molecule has 0 spiro atoms. The van der Waals surface area contributed by atoms with E-state index in [2.05, 4.69) is 16.3 Å². The van der Waals surface area contributed by atoms with Gasteiger partial charge in [0.15, 0.2) is 9.84 Å². The highest BCUT2D eigenvalue weighted by Crippen LogP contribution is 2.44. The quantitative estimate of drug-likeness (QED) is 0.474. The number of hydrogen-bond donors (Lipinski definition) is 1. The van der Waals surface area contributed by atoms with Gasteiger partial charge in [-0.3, -0.25) is 4.79 Å². The average Bonchev–Trinajstić information content (AvgIpc) is 3.39. The maximum Gasteiger partial charge on any atom is 0.226 e. The van der Waals surface area contributed by atoms with Crippen molar-refractivity contribution in [1.29, 1.82) is 5.26 Å². The van der Waals surface area contributed by atoms with E-state index in [0.717, 1.165) is 30.5 Å². The second kappa shape index (κ2) is 11.2. The van der Waals surface area contributed by atoms with Gasteiger partial charge in [-0.15, -0.1) is 0 Å². The van der Waals surface area contributed by atoms with Crippen LogP contribution in [0.15, 0.2) is 52.9 Å². The standard InChI is InChI=1S/C29H31FN4O4S/c1-19(18-31)32-28(35)25-5-3-2-4-24(25)27-26(33-29(38-27)21-6-10-22(30)11-7-21)20-8-12-23(13-9-20)34-14-16-39(36,37)17-15-34/h6-13,19,24-25H,2-5,14-17H2,1H3,(H,32,35)/t19?,24-,25-/m1/s1. The Kier molecular flexibility index (Phi) is 7.71. The first-order valence-corrected chi connectivity index (χ1v) is 15.1. The van der Waals surface area contributed by atoms with Crippen molar-refractivity contribution in [3.8, 4) is 28.8 Å². The molecule has 1 aromatic heterocycles. The van der Waals surface area contributed by atoms with Gasteiger partial charge in [-0.2, -0.15) is 5.26 Å². The number of sulfone groups is 1. The predicted octanol–water partition coefficient (Wildman–Crippen LogP) is 4.68. The van der Waals surface area contributed by atoms with Crippen LogP contribution in [0.3, 0.4) is 0 Å². The van der Waals surface area contributed by atoms with E-state index in [4.69, 9.17) is 9.40 Å². The lowest BCUT2D eigenvalue weighted by Gasteiger charge is -2.30. The maximum absolute atomic E-state index is 13.6. The summed E-state index contributed by atoms with van der Waals surface area (Å²) in [6.45, 7) is 2.55. The van der Waals surface area contributed by atoms with Gasteiger partial charge < -0.3 is 14.6 Å². The molecule has 5 rings (SSSR count). The van der Waals surface area contributed by atoms with E-state index in [9.17, 15) is 22.9 Å². The summed E-state index contributed by atoms with van der Waals surface area (Å²) in [7, 11) is -2.98. The average molecular weight is 551 g/mol. The fourth-order valence-corrected chi connectivity index (χ4v) is 6.62. The van der Waals surface area contributed by atoms with E-state index in [-0.39, 0.29) is 35.1 Å². The third kappa shape index (κ3) is 5.98. The number of anilines is 1. The number of nitrogens with one attached hydrogen (secondary N) is 1. The van der Waals surface area contributed by atoms with Crippen molar-refractivity contribution in [2.45, 2.75) is 44.6 Å². The minimum Gasteiger partial charge on any atom is -0.440 e. The molecule has 0 bridgehead atoms. The van der Waals surface area contributed by atoms with Crippen molar-refractivity contribution >= 4 is 21.4 Å². The lowest BCUT2D eigenvalue weighted by atomic mass is 9.76. The van der Waals surface area contributed by atoms with Gasteiger partial charge in [0.1, 0.15) is 23.3 Å². The number of carbonyl (C=O) groups excluding carboxylic acids is 1. The summed E-state index contributed by atoms with van der Waals surface area (Å²) in [6.07, 6.45) is 3.26. The van der Waals surface area contributed by atoms with Crippen molar-refractivity contribution < 1.29 is 22.0 Å². The van der Waals surface area contributed by atoms with Crippen LogP contribution in [-0.2, 0) is 14.6 Å². The summed E-state index contributed by atoms with van der Waals surface area (Å²) in [5.41, 5.74) is 2.99. The fraction of sp³-hybridized carbons (Fsp3) is 0.414. The molecule has 1 unspecified atom stereocenters. The van der Waals surface area contributed by atoms with Crippen LogP contribution in [0.4, 0.5) is 10.1 Å². The molecule has 1 aliphatic heterocycles. The molecule has 2 aromatic carbocycles. The highest BCUT2D eigenvalue weighted by molar-refractivity contribution is 7.91. The lowest BCUT2D eigenvalue weighted by molar-refractivity contribution is -0.127. The minimum absolute atomic E-state index is 0.138. The first-order valence-electron chi connectivity index (χ1n) is 13.3. The van der Waals surface area contributed by atoms with Crippen LogP contribution in [0.1, 0.15) is 44.3 Å². The molecule has 10 heteroatoms. The summed E-state index contributed by atoms with van der Waals surface area (Å²) >= 11 is 0. The second-order valence-electron chi connectivity index (χ2n) is 10.3. The zero-order valence-corrected chi connectivity index (χ0v) is 22.6. The fourth-order valence-electron chi connectivity index (χ4n) is 5.42. The molecule has 0 radical (unpaired) electrons. The normalized spacial score (nSPS) is 21.6. The zero-order chi connectivity index (χ0) is 27.6. The summed E-state index contributed by atoms with van der Waals surface area (Å²) in [5, 5.41) is 12.0. The smallest absolute Gasteiger partial charge is 0.226 e. The number of nitrogens with zero attached hydrogens (tertiary/aromatic N) is 3. The molecule has 1 saturated carbocycles.